The molecule has 9 rings (SSSR count). The Morgan fingerprint density at radius 3 is 1.10 bits per heavy atom. The van der Waals surface area contributed by atoms with E-state index in [1.165, 1.54) is 76.5 Å². The van der Waals surface area contributed by atoms with E-state index in [4.69, 9.17) is 0 Å². The van der Waals surface area contributed by atoms with E-state index in [1.54, 1.807) is 0 Å². The molecule has 0 aliphatic heterocycles. The molecule has 0 saturated carbocycles. The largest absolute Gasteiger partial charge is 0.0616 e. The first-order chi connectivity index (χ1) is 19.2. The molecule has 0 radical (unpaired) electrons. The first-order valence-electron chi connectivity index (χ1n) is 13.5. The van der Waals surface area contributed by atoms with Crippen LogP contribution in [0.1, 0.15) is 22.3 Å². The Kier molecular flexibility index (Phi) is 4.48. The highest BCUT2D eigenvalue weighted by atomic mass is 79.9. The topological polar surface area (TPSA) is 0 Å². The van der Waals surface area contributed by atoms with Crippen molar-refractivity contribution in [3.05, 3.63) is 140 Å². The molecule has 7 aromatic rings. The van der Waals surface area contributed by atoms with Crippen LogP contribution < -0.4 is 0 Å². The second-order valence-corrected chi connectivity index (χ2v) is 12.9. The van der Waals surface area contributed by atoms with Gasteiger partial charge in [0.1, 0.15) is 0 Å². The summed E-state index contributed by atoms with van der Waals surface area (Å²) >= 11 is 7.61. The van der Waals surface area contributed by atoms with Crippen molar-refractivity contribution in [1.29, 1.82) is 0 Å². The molecule has 0 unspecified atom stereocenters. The van der Waals surface area contributed by atoms with E-state index in [-0.39, 0.29) is 5.41 Å². The Bertz CT molecular complexity index is 2050. The fourth-order valence-corrected chi connectivity index (χ4v) is 8.73. The maximum Gasteiger partial charge on any atom is 0.0320 e. The van der Waals surface area contributed by atoms with Crippen LogP contribution in [0.2, 0.25) is 0 Å². The highest BCUT2D eigenvalue weighted by molar-refractivity contribution is 9.13. The van der Waals surface area contributed by atoms with Crippen LogP contribution in [0.3, 0.4) is 0 Å². The monoisotopic (exact) mass is 624 g/mol. The minimum atomic E-state index is -0.138. The predicted octanol–water partition coefficient (Wildman–Crippen LogP) is 10.9. The molecule has 0 nitrogen and oxygen atoms in total. The van der Waals surface area contributed by atoms with Gasteiger partial charge in [0.25, 0.3) is 0 Å². The third-order valence-corrected chi connectivity index (χ3v) is 11.1. The SMILES string of the molecule is Brc1cc2c(cc1Br)CC1(C2)c2c(c3ccccc3c3ccccc23)-c2c1c1ccccc1c1ccccc21. The molecule has 0 N–H and O–H groups in total. The lowest BCUT2D eigenvalue weighted by Gasteiger charge is -2.30. The van der Waals surface area contributed by atoms with Gasteiger partial charge >= 0.3 is 0 Å². The molecule has 0 bridgehead atoms. The van der Waals surface area contributed by atoms with Gasteiger partial charge in [-0.3, -0.25) is 0 Å². The van der Waals surface area contributed by atoms with Crippen molar-refractivity contribution in [2.24, 2.45) is 0 Å². The number of benzene rings is 7. The molecule has 0 atom stereocenters. The van der Waals surface area contributed by atoms with E-state index in [2.05, 4.69) is 141 Å². The van der Waals surface area contributed by atoms with Crippen LogP contribution in [0.5, 0.6) is 0 Å². The van der Waals surface area contributed by atoms with Crippen molar-refractivity contribution in [3.8, 4) is 11.1 Å². The first-order valence-corrected chi connectivity index (χ1v) is 15.1. The summed E-state index contributed by atoms with van der Waals surface area (Å²) in [4.78, 5) is 0. The average Bonchev–Trinajstić information content (AvgIpc) is 3.48. The third-order valence-electron chi connectivity index (χ3n) is 9.30. The summed E-state index contributed by atoms with van der Waals surface area (Å²) in [6, 6.07) is 41.0. The zero-order valence-electron chi connectivity index (χ0n) is 21.1. The minimum Gasteiger partial charge on any atom is -0.0616 e. The zero-order valence-corrected chi connectivity index (χ0v) is 24.2. The highest BCUT2D eigenvalue weighted by Gasteiger charge is 2.50. The van der Waals surface area contributed by atoms with Gasteiger partial charge in [0.2, 0.25) is 0 Å². The molecule has 1 spiro atoms. The molecule has 7 aromatic carbocycles. The van der Waals surface area contributed by atoms with Crippen LogP contribution in [0.15, 0.2) is 118 Å². The molecule has 184 valence electrons. The molecule has 39 heavy (non-hydrogen) atoms. The van der Waals surface area contributed by atoms with Gasteiger partial charge in [-0.05, 0) is 133 Å². The lowest BCUT2D eigenvalue weighted by molar-refractivity contribution is 0.573. The predicted molar refractivity (Wildman–Crippen MR) is 172 cm³/mol. The van der Waals surface area contributed by atoms with Gasteiger partial charge in [-0.15, -0.1) is 0 Å². The molecule has 2 heteroatoms. The molecule has 0 heterocycles. The van der Waals surface area contributed by atoms with Crippen molar-refractivity contribution in [2.45, 2.75) is 18.3 Å². The van der Waals surface area contributed by atoms with Gasteiger partial charge in [-0.2, -0.15) is 0 Å². The van der Waals surface area contributed by atoms with E-state index in [1.807, 2.05) is 0 Å². The second kappa shape index (κ2) is 7.81. The Morgan fingerprint density at radius 1 is 0.410 bits per heavy atom. The number of hydrogen-bond acceptors (Lipinski definition) is 0. The Hall–Kier alpha value is -3.46. The van der Waals surface area contributed by atoms with Crippen LogP contribution >= 0.6 is 31.9 Å². The summed E-state index contributed by atoms with van der Waals surface area (Å²) in [5.41, 5.74) is 8.64. The van der Waals surface area contributed by atoms with Crippen molar-refractivity contribution >= 4 is 74.9 Å². The molecule has 0 amide bonds. The number of rotatable bonds is 0. The van der Waals surface area contributed by atoms with Crippen molar-refractivity contribution < 1.29 is 0 Å². The number of halogens is 2. The second-order valence-electron chi connectivity index (χ2n) is 11.2. The Morgan fingerprint density at radius 2 is 0.718 bits per heavy atom. The van der Waals surface area contributed by atoms with Gasteiger partial charge < -0.3 is 0 Å². The van der Waals surface area contributed by atoms with Crippen molar-refractivity contribution in [3.63, 3.8) is 0 Å². The maximum atomic E-state index is 3.81. The summed E-state index contributed by atoms with van der Waals surface area (Å²) in [5.74, 6) is 0. The van der Waals surface area contributed by atoms with Gasteiger partial charge in [-0.25, -0.2) is 0 Å². The Balaban J connectivity index is 1.57. The molecule has 2 aliphatic carbocycles. The van der Waals surface area contributed by atoms with E-state index in [9.17, 15) is 0 Å². The van der Waals surface area contributed by atoms with E-state index >= 15 is 0 Å². The lowest BCUT2D eigenvalue weighted by atomic mass is 9.72. The maximum absolute atomic E-state index is 3.81. The van der Waals surface area contributed by atoms with E-state index in [0.717, 1.165) is 21.8 Å². The minimum absolute atomic E-state index is 0.138. The molecular weight excluding hydrogens is 604 g/mol. The molecular formula is C37H22Br2. The van der Waals surface area contributed by atoms with Crippen LogP contribution in [-0.4, -0.2) is 0 Å². The fourth-order valence-electron chi connectivity index (χ4n) is 7.95. The van der Waals surface area contributed by atoms with Crippen LogP contribution in [0.25, 0.3) is 54.2 Å². The molecule has 2 aliphatic rings. The van der Waals surface area contributed by atoms with Crippen LogP contribution in [0.4, 0.5) is 0 Å². The summed E-state index contributed by atoms with van der Waals surface area (Å²) in [6.07, 6.45) is 2.00. The van der Waals surface area contributed by atoms with E-state index < -0.39 is 0 Å². The van der Waals surface area contributed by atoms with Crippen LogP contribution in [0, 0.1) is 0 Å². The third kappa shape index (κ3) is 2.79. The smallest absolute Gasteiger partial charge is 0.0320 e. The highest BCUT2D eigenvalue weighted by Crippen LogP contribution is 2.63. The van der Waals surface area contributed by atoms with E-state index in [0.29, 0.717) is 0 Å². The normalized spacial score (nSPS) is 14.9. The van der Waals surface area contributed by atoms with Crippen molar-refractivity contribution in [1.82, 2.24) is 0 Å². The lowest BCUT2D eigenvalue weighted by Crippen LogP contribution is -2.26. The number of fused-ring (bicyclic) bond motifs is 16. The van der Waals surface area contributed by atoms with Crippen molar-refractivity contribution in [2.75, 3.05) is 0 Å². The summed E-state index contributed by atoms with van der Waals surface area (Å²) in [6.45, 7) is 0. The first kappa shape index (κ1) is 22.4. The van der Waals surface area contributed by atoms with Gasteiger partial charge in [0.15, 0.2) is 0 Å². The summed E-state index contributed by atoms with van der Waals surface area (Å²) in [5, 5.41) is 10.9. The fraction of sp³-hybridized carbons (Fsp3) is 0.0811. The van der Waals surface area contributed by atoms with Gasteiger partial charge in [0.05, 0.1) is 0 Å². The molecule has 0 aromatic heterocycles. The average molecular weight is 626 g/mol. The zero-order chi connectivity index (χ0) is 25.9. The summed E-state index contributed by atoms with van der Waals surface area (Å²) in [7, 11) is 0. The summed E-state index contributed by atoms with van der Waals surface area (Å²) < 4.78 is 2.26. The molecule has 0 fully saturated rings. The number of hydrogen-bond donors (Lipinski definition) is 0. The van der Waals surface area contributed by atoms with Gasteiger partial charge in [0, 0.05) is 14.4 Å². The van der Waals surface area contributed by atoms with Gasteiger partial charge in [-0.1, -0.05) is 97.1 Å². The van der Waals surface area contributed by atoms with Crippen LogP contribution in [-0.2, 0) is 18.3 Å². The standard InChI is InChI=1S/C37H22Br2/c38-31-17-21-19-37(20-22(21)18-32(31)39)35-29-15-7-3-11-25(29)23-9-1-5-13-27(23)33(35)34-28-14-6-2-10-24(28)26-12-4-8-16-30(26)36(34)37/h1-18H,19-20H2. The quantitative estimate of drug-likeness (QED) is 0.147. The molecule has 0 saturated heterocycles. The Labute approximate surface area is 243 Å².